The summed E-state index contributed by atoms with van der Waals surface area (Å²) >= 11 is 1.92. The summed E-state index contributed by atoms with van der Waals surface area (Å²) in [6.07, 6.45) is 2.31. The highest BCUT2D eigenvalue weighted by Gasteiger charge is 2.20. The van der Waals surface area contributed by atoms with Crippen LogP contribution in [0.4, 0.5) is 0 Å². The van der Waals surface area contributed by atoms with E-state index in [2.05, 4.69) is 156 Å². The largest absolute Gasteiger partial charge is 0.309 e. The van der Waals surface area contributed by atoms with Crippen molar-refractivity contribution in [1.82, 2.24) is 9.13 Å². The third-order valence-corrected chi connectivity index (χ3v) is 11.0. The molecule has 0 aliphatic heterocycles. The SMILES string of the molecule is CC1=Cc2c1sc1cc(-c3ccc4c(c3)c3cc(C)ccc3n4-c3ccc(-n4c5ccccc5c5ccccc54)cc3)ccc21. The summed E-state index contributed by atoms with van der Waals surface area (Å²) in [5, 5.41) is 6.51. The van der Waals surface area contributed by atoms with E-state index < -0.39 is 0 Å². The predicted octanol–water partition coefficient (Wildman–Crippen LogP) is 11.9. The van der Waals surface area contributed by atoms with E-state index in [-0.39, 0.29) is 0 Å². The van der Waals surface area contributed by atoms with Gasteiger partial charge in [-0.05, 0) is 103 Å². The van der Waals surface area contributed by atoms with Crippen LogP contribution in [0.3, 0.4) is 0 Å². The lowest BCUT2D eigenvalue weighted by Gasteiger charge is -2.12. The van der Waals surface area contributed by atoms with Gasteiger partial charge in [-0.15, -0.1) is 11.3 Å². The fourth-order valence-electron chi connectivity index (χ4n) is 7.48. The third-order valence-electron chi connectivity index (χ3n) is 9.65. The highest BCUT2D eigenvalue weighted by atomic mass is 32.1. The van der Waals surface area contributed by atoms with Crippen LogP contribution in [0.1, 0.15) is 22.9 Å². The van der Waals surface area contributed by atoms with Gasteiger partial charge in [0.2, 0.25) is 0 Å². The number of para-hydroxylation sites is 2. The fraction of sp³-hybridized carbons (Fsp3) is 0.0476. The number of aromatic nitrogens is 2. The highest BCUT2D eigenvalue weighted by molar-refractivity contribution is 7.20. The molecule has 0 bridgehead atoms. The minimum absolute atomic E-state index is 1.16. The van der Waals surface area contributed by atoms with Gasteiger partial charge in [-0.25, -0.2) is 0 Å². The molecule has 3 aromatic heterocycles. The normalized spacial score (nSPS) is 12.8. The number of benzene rings is 6. The van der Waals surface area contributed by atoms with E-state index in [1.807, 2.05) is 11.3 Å². The van der Waals surface area contributed by atoms with Gasteiger partial charge in [0.15, 0.2) is 0 Å². The molecule has 0 N–H and O–H groups in total. The van der Waals surface area contributed by atoms with Crippen molar-refractivity contribution in [2.45, 2.75) is 13.8 Å². The molecule has 2 nitrogen and oxygen atoms in total. The van der Waals surface area contributed by atoms with Crippen molar-refractivity contribution < 1.29 is 0 Å². The fourth-order valence-corrected chi connectivity index (χ4v) is 8.68. The molecule has 3 heterocycles. The summed E-state index contributed by atoms with van der Waals surface area (Å²) in [7, 11) is 0. The Morgan fingerprint density at radius 2 is 1.02 bits per heavy atom. The van der Waals surface area contributed by atoms with Gasteiger partial charge in [0.1, 0.15) is 0 Å². The molecule has 0 amide bonds. The van der Waals surface area contributed by atoms with Gasteiger partial charge >= 0.3 is 0 Å². The van der Waals surface area contributed by atoms with E-state index in [4.69, 9.17) is 0 Å². The zero-order valence-corrected chi connectivity index (χ0v) is 25.8. The Bertz CT molecular complexity index is 2660. The minimum Gasteiger partial charge on any atom is -0.309 e. The van der Waals surface area contributed by atoms with Crippen molar-refractivity contribution in [2.75, 3.05) is 0 Å². The molecule has 1 aliphatic rings. The second kappa shape index (κ2) is 9.07. The Labute approximate surface area is 264 Å². The second-order valence-electron chi connectivity index (χ2n) is 12.4. The van der Waals surface area contributed by atoms with Crippen LogP contribution >= 0.6 is 11.3 Å². The van der Waals surface area contributed by atoms with E-state index in [0.29, 0.717) is 0 Å². The van der Waals surface area contributed by atoms with Crippen molar-refractivity contribution >= 4 is 76.7 Å². The molecule has 3 heteroatoms. The van der Waals surface area contributed by atoms with E-state index in [9.17, 15) is 0 Å². The molecule has 0 atom stereocenters. The van der Waals surface area contributed by atoms with Crippen LogP contribution in [-0.4, -0.2) is 9.13 Å². The van der Waals surface area contributed by atoms with Crippen molar-refractivity contribution in [1.29, 1.82) is 0 Å². The topological polar surface area (TPSA) is 9.86 Å². The maximum absolute atomic E-state index is 2.42. The van der Waals surface area contributed by atoms with Crippen LogP contribution in [0.5, 0.6) is 0 Å². The molecule has 0 saturated carbocycles. The first kappa shape index (κ1) is 25.0. The van der Waals surface area contributed by atoms with E-state index in [1.165, 1.54) is 92.1 Å². The van der Waals surface area contributed by atoms with Crippen LogP contribution in [0.25, 0.3) is 87.8 Å². The summed E-state index contributed by atoms with van der Waals surface area (Å²) < 4.78 is 6.17. The second-order valence-corrected chi connectivity index (χ2v) is 13.4. The smallest absolute Gasteiger partial charge is 0.0541 e. The summed E-state index contributed by atoms with van der Waals surface area (Å²) in [6, 6.07) is 47.2. The lowest BCUT2D eigenvalue weighted by atomic mass is 9.95. The van der Waals surface area contributed by atoms with E-state index >= 15 is 0 Å². The summed E-state index contributed by atoms with van der Waals surface area (Å²) in [6.45, 7) is 4.40. The molecule has 10 rings (SSSR count). The lowest BCUT2D eigenvalue weighted by molar-refractivity contribution is 1.14. The van der Waals surface area contributed by atoms with E-state index in [1.54, 1.807) is 0 Å². The Balaban J connectivity index is 1.13. The maximum Gasteiger partial charge on any atom is 0.0541 e. The first-order valence-electron chi connectivity index (χ1n) is 15.5. The Morgan fingerprint density at radius 3 is 1.69 bits per heavy atom. The molecular formula is C42H28N2S. The first-order valence-corrected chi connectivity index (χ1v) is 16.3. The van der Waals surface area contributed by atoms with Gasteiger partial charge in [0.05, 0.1) is 22.1 Å². The Morgan fingerprint density at radius 1 is 0.467 bits per heavy atom. The zero-order valence-electron chi connectivity index (χ0n) is 25.0. The minimum atomic E-state index is 1.16. The van der Waals surface area contributed by atoms with Gasteiger partial charge in [-0.3, -0.25) is 0 Å². The number of thiophene rings is 1. The molecule has 6 aromatic carbocycles. The van der Waals surface area contributed by atoms with E-state index in [0.717, 1.165) is 5.69 Å². The van der Waals surface area contributed by atoms with Gasteiger partial charge in [0.25, 0.3) is 0 Å². The maximum atomic E-state index is 2.42. The van der Waals surface area contributed by atoms with Crippen molar-refractivity contribution in [3.8, 4) is 22.5 Å². The number of hydrogen-bond acceptors (Lipinski definition) is 1. The molecule has 0 unspecified atom stereocenters. The quantitative estimate of drug-likeness (QED) is 0.193. The molecule has 45 heavy (non-hydrogen) atoms. The number of aryl methyl sites for hydroxylation is 1. The molecular weight excluding hydrogens is 565 g/mol. The average Bonchev–Trinajstić information content (AvgIpc) is 3.69. The molecule has 0 spiro atoms. The highest BCUT2D eigenvalue weighted by Crippen LogP contribution is 2.45. The standard InChI is InChI=1S/C42H28N2S/c1-25-11-19-39-34(21-25)35-23-27(28-12-18-33-36-22-26(2)42(36)45-41(33)24-28)13-20-40(35)44(39)30-16-14-29(15-17-30)43-37-9-5-3-7-31(37)32-8-4-6-10-38(32)43/h3-24H,1-2H3. The number of rotatable bonds is 3. The van der Waals surface area contributed by atoms with Crippen LogP contribution in [-0.2, 0) is 0 Å². The number of fused-ring (bicyclic) bond motifs is 9. The van der Waals surface area contributed by atoms with Gasteiger partial charge < -0.3 is 9.13 Å². The Hall–Kier alpha value is -5.38. The van der Waals surface area contributed by atoms with Gasteiger partial charge in [-0.2, -0.15) is 0 Å². The average molecular weight is 593 g/mol. The lowest BCUT2D eigenvalue weighted by Crippen LogP contribution is -1.97. The number of allylic oxidation sites excluding steroid dienone is 1. The van der Waals surface area contributed by atoms with Crippen LogP contribution in [0, 0.1) is 6.92 Å². The third kappa shape index (κ3) is 3.50. The Kier molecular flexibility index (Phi) is 5.04. The molecule has 1 aliphatic carbocycles. The summed E-state index contributed by atoms with van der Waals surface area (Å²) in [5.74, 6) is 0. The van der Waals surface area contributed by atoms with Crippen LogP contribution < -0.4 is 0 Å². The molecule has 212 valence electrons. The van der Waals surface area contributed by atoms with Gasteiger partial charge in [-0.1, -0.05) is 66.2 Å². The predicted molar refractivity (Wildman–Crippen MR) is 194 cm³/mol. The van der Waals surface area contributed by atoms with Crippen LogP contribution in [0.15, 0.2) is 127 Å². The molecule has 9 aromatic rings. The van der Waals surface area contributed by atoms with Gasteiger partial charge in [0, 0.05) is 53.4 Å². The molecule has 0 saturated heterocycles. The van der Waals surface area contributed by atoms with Crippen LogP contribution in [0.2, 0.25) is 0 Å². The van der Waals surface area contributed by atoms with Crippen molar-refractivity contribution in [3.63, 3.8) is 0 Å². The summed E-state index contributed by atoms with van der Waals surface area (Å²) in [4.78, 5) is 1.44. The molecule has 0 radical (unpaired) electrons. The molecule has 0 fully saturated rings. The zero-order chi connectivity index (χ0) is 29.8. The number of nitrogens with zero attached hydrogens (tertiary/aromatic N) is 2. The first-order chi connectivity index (χ1) is 22.1. The summed E-state index contributed by atoms with van der Waals surface area (Å²) in [5.41, 5.74) is 13.9. The van der Waals surface area contributed by atoms with Crippen molar-refractivity contribution in [2.24, 2.45) is 0 Å². The monoisotopic (exact) mass is 592 g/mol. The number of hydrogen-bond donors (Lipinski definition) is 0. The van der Waals surface area contributed by atoms with Crippen molar-refractivity contribution in [3.05, 3.63) is 143 Å².